The summed E-state index contributed by atoms with van der Waals surface area (Å²) in [6.07, 6.45) is 9.78. The minimum Gasteiger partial charge on any atom is -0.384 e. The highest BCUT2D eigenvalue weighted by Crippen LogP contribution is 2.37. The van der Waals surface area contributed by atoms with Gasteiger partial charge in [-0.05, 0) is 31.6 Å². The molecule has 0 bridgehead atoms. The van der Waals surface area contributed by atoms with Gasteiger partial charge >= 0.3 is 0 Å². The van der Waals surface area contributed by atoms with Crippen molar-refractivity contribution in [2.45, 2.75) is 84.6 Å². The van der Waals surface area contributed by atoms with E-state index < -0.39 is 0 Å². The van der Waals surface area contributed by atoms with E-state index in [4.69, 9.17) is 10.7 Å². The number of nitrogen functional groups attached to an aromatic ring is 1. The van der Waals surface area contributed by atoms with Crippen LogP contribution in [0.5, 0.6) is 0 Å². The van der Waals surface area contributed by atoms with Gasteiger partial charge < -0.3 is 10.3 Å². The summed E-state index contributed by atoms with van der Waals surface area (Å²) in [5, 5.41) is 0. The molecule has 0 aromatic carbocycles. The lowest BCUT2D eigenvalue weighted by Crippen LogP contribution is -2.13. The monoisotopic (exact) mass is 277 g/mol. The van der Waals surface area contributed by atoms with Crippen LogP contribution >= 0.6 is 0 Å². The van der Waals surface area contributed by atoms with Crippen LogP contribution in [0.15, 0.2) is 0 Å². The van der Waals surface area contributed by atoms with Crippen LogP contribution in [-0.2, 0) is 13.0 Å². The lowest BCUT2D eigenvalue weighted by molar-refractivity contribution is 0.345. The summed E-state index contributed by atoms with van der Waals surface area (Å²) in [6.45, 7) is 7.85. The maximum Gasteiger partial charge on any atom is 0.127 e. The number of rotatable bonds is 6. The molecule has 0 unspecified atom stereocenters. The molecule has 1 aliphatic rings. The average molecular weight is 277 g/mol. The molecule has 2 N–H and O–H groups in total. The zero-order valence-corrected chi connectivity index (χ0v) is 13.5. The van der Waals surface area contributed by atoms with Crippen molar-refractivity contribution in [1.82, 2.24) is 9.55 Å². The zero-order valence-electron chi connectivity index (χ0n) is 13.5. The predicted octanol–water partition coefficient (Wildman–Crippen LogP) is 4.51. The van der Waals surface area contributed by atoms with Crippen LogP contribution in [-0.4, -0.2) is 9.55 Å². The van der Waals surface area contributed by atoms with Crippen LogP contribution in [0.2, 0.25) is 0 Å². The van der Waals surface area contributed by atoms with Crippen molar-refractivity contribution < 1.29 is 0 Å². The Bertz CT molecular complexity index is 414. The molecule has 0 saturated heterocycles. The Morgan fingerprint density at radius 2 is 1.85 bits per heavy atom. The van der Waals surface area contributed by atoms with Crippen LogP contribution in [0.3, 0.4) is 0 Å². The predicted molar refractivity (Wildman–Crippen MR) is 85.9 cm³/mol. The lowest BCUT2D eigenvalue weighted by atomic mass is 9.81. The second kappa shape index (κ2) is 7.14. The van der Waals surface area contributed by atoms with E-state index in [0.717, 1.165) is 31.1 Å². The van der Waals surface area contributed by atoms with Crippen LogP contribution in [0.25, 0.3) is 0 Å². The smallest absolute Gasteiger partial charge is 0.127 e. The molecule has 3 nitrogen and oxygen atoms in total. The van der Waals surface area contributed by atoms with Gasteiger partial charge in [-0.1, -0.05) is 40.0 Å². The van der Waals surface area contributed by atoms with Crippen molar-refractivity contribution in [2.75, 3.05) is 5.73 Å². The molecule has 1 aromatic heterocycles. The Balaban J connectivity index is 2.19. The molecule has 0 amide bonds. The van der Waals surface area contributed by atoms with Gasteiger partial charge in [0.2, 0.25) is 0 Å². The van der Waals surface area contributed by atoms with Crippen molar-refractivity contribution in [1.29, 1.82) is 0 Å². The standard InChI is InChI=1S/C17H31N3/c1-4-6-12-20-15(7-5-2)19-16(17(20)18)14-10-8-13(3)9-11-14/h13-14H,4-12,18H2,1-3H3. The van der Waals surface area contributed by atoms with E-state index in [1.54, 1.807) is 0 Å². The van der Waals surface area contributed by atoms with Crippen molar-refractivity contribution in [3.8, 4) is 0 Å². The SMILES string of the molecule is CCCCn1c(CCC)nc(C2CCC(C)CC2)c1N. The average Bonchev–Trinajstić information content (AvgIpc) is 2.75. The van der Waals surface area contributed by atoms with Crippen LogP contribution < -0.4 is 5.73 Å². The fourth-order valence-electron chi connectivity index (χ4n) is 3.35. The van der Waals surface area contributed by atoms with Gasteiger partial charge in [0.15, 0.2) is 0 Å². The van der Waals surface area contributed by atoms with Gasteiger partial charge in [-0.25, -0.2) is 4.98 Å². The molecule has 0 atom stereocenters. The van der Waals surface area contributed by atoms with E-state index >= 15 is 0 Å². The largest absolute Gasteiger partial charge is 0.384 e. The van der Waals surface area contributed by atoms with Crippen molar-refractivity contribution in [3.63, 3.8) is 0 Å². The molecule has 0 radical (unpaired) electrons. The van der Waals surface area contributed by atoms with Gasteiger partial charge in [-0.15, -0.1) is 0 Å². The van der Waals surface area contributed by atoms with E-state index in [2.05, 4.69) is 25.3 Å². The summed E-state index contributed by atoms with van der Waals surface area (Å²) >= 11 is 0. The molecule has 0 aliphatic heterocycles. The molecule has 3 heteroatoms. The molecule has 1 aliphatic carbocycles. The number of unbranched alkanes of at least 4 members (excludes halogenated alkanes) is 1. The summed E-state index contributed by atoms with van der Waals surface area (Å²) < 4.78 is 2.29. The van der Waals surface area contributed by atoms with E-state index in [9.17, 15) is 0 Å². The minimum absolute atomic E-state index is 0.602. The Morgan fingerprint density at radius 3 is 2.45 bits per heavy atom. The van der Waals surface area contributed by atoms with Crippen LogP contribution in [0, 0.1) is 5.92 Å². The van der Waals surface area contributed by atoms with Gasteiger partial charge in [-0.3, -0.25) is 0 Å². The Kier molecular flexibility index (Phi) is 5.50. The second-order valence-electron chi connectivity index (χ2n) is 6.51. The molecule has 1 heterocycles. The highest BCUT2D eigenvalue weighted by atomic mass is 15.1. The minimum atomic E-state index is 0.602. The first-order valence-electron chi connectivity index (χ1n) is 8.52. The normalized spacial score (nSPS) is 23.1. The van der Waals surface area contributed by atoms with Crippen molar-refractivity contribution in [2.24, 2.45) is 5.92 Å². The maximum atomic E-state index is 6.44. The maximum absolute atomic E-state index is 6.44. The molecule has 1 aromatic rings. The van der Waals surface area contributed by atoms with Crippen LogP contribution in [0.1, 0.15) is 83.2 Å². The fraction of sp³-hybridized carbons (Fsp3) is 0.824. The summed E-state index contributed by atoms with van der Waals surface area (Å²) in [6, 6.07) is 0. The number of hydrogen-bond acceptors (Lipinski definition) is 2. The number of nitrogens with zero attached hydrogens (tertiary/aromatic N) is 2. The molecular weight excluding hydrogens is 246 g/mol. The van der Waals surface area contributed by atoms with Crippen molar-refractivity contribution >= 4 is 5.82 Å². The van der Waals surface area contributed by atoms with Gasteiger partial charge in [0.05, 0.1) is 5.69 Å². The number of aromatic nitrogens is 2. The molecule has 114 valence electrons. The number of imidazole rings is 1. The van der Waals surface area contributed by atoms with E-state index in [1.807, 2.05) is 0 Å². The first-order valence-corrected chi connectivity index (χ1v) is 8.52. The number of hydrogen-bond donors (Lipinski definition) is 1. The second-order valence-corrected chi connectivity index (χ2v) is 6.51. The Labute approximate surface area is 124 Å². The lowest BCUT2D eigenvalue weighted by Gasteiger charge is -2.25. The van der Waals surface area contributed by atoms with Gasteiger partial charge in [0.1, 0.15) is 11.6 Å². The third kappa shape index (κ3) is 3.36. The first kappa shape index (κ1) is 15.4. The summed E-state index contributed by atoms with van der Waals surface area (Å²) in [4.78, 5) is 4.94. The van der Waals surface area contributed by atoms with E-state index in [-0.39, 0.29) is 0 Å². The third-order valence-electron chi connectivity index (χ3n) is 4.73. The Morgan fingerprint density at radius 1 is 1.15 bits per heavy atom. The van der Waals surface area contributed by atoms with Gasteiger partial charge in [0.25, 0.3) is 0 Å². The number of aryl methyl sites for hydroxylation is 1. The molecule has 0 spiro atoms. The fourth-order valence-corrected chi connectivity index (χ4v) is 3.35. The Hall–Kier alpha value is -0.990. The van der Waals surface area contributed by atoms with Gasteiger partial charge in [-0.2, -0.15) is 0 Å². The molecule has 20 heavy (non-hydrogen) atoms. The van der Waals surface area contributed by atoms with E-state index in [1.165, 1.54) is 50.0 Å². The summed E-state index contributed by atoms with van der Waals surface area (Å²) in [5.74, 6) is 3.66. The molecular formula is C17H31N3. The summed E-state index contributed by atoms with van der Waals surface area (Å²) in [5.41, 5.74) is 7.65. The highest BCUT2D eigenvalue weighted by molar-refractivity contribution is 5.41. The van der Waals surface area contributed by atoms with E-state index in [0.29, 0.717) is 5.92 Å². The molecule has 1 fully saturated rings. The topological polar surface area (TPSA) is 43.8 Å². The first-order chi connectivity index (χ1) is 9.67. The highest BCUT2D eigenvalue weighted by Gasteiger charge is 2.25. The van der Waals surface area contributed by atoms with Gasteiger partial charge in [0, 0.05) is 18.9 Å². The molecule has 2 rings (SSSR count). The molecule has 1 saturated carbocycles. The number of nitrogens with two attached hydrogens (primary N) is 1. The number of anilines is 1. The van der Waals surface area contributed by atoms with Crippen molar-refractivity contribution in [3.05, 3.63) is 11.5 Å². The third-order valence-corrected chi connectivity index (χ3v) is 4.73. The zero-order chi connectivity index (χ0) is 14.5. The van der Waals surface area contributed by atoms with Crippen LogP contribution in [0.4, 0.5) is 5.82 Å². The quantitative estimate of drug-likeness (QED) is 0.831. The summed E-state index contributed by atoms with van der Waals surface area (Å²) in [7, 11) is 0.